The van der Waals surface area contributed by atoms with Crippen molar-refractivity contribution in [2.45, 2.75) is 19.4 Å². The van der Waals surface area contributed by atoms with Crippen molar-refractivity contribution in [1.29, 1.82) is 0 Å². The maximum Gasteiger partial charge on any atom is 0.408 e. The molecule has 0 atom stereocenters. The molecule has 5 nitrogen and oxygen atoms in total. The van der Waals surface area contributed by atoms with E-state index in [4.69, 9.17) is 9.84 Å². The van der Waals surface area contributed by atoms with Crippen LogP contribution in [0.15, 0.2) is 12.7 Å². The van der Waals surface area contributed by atoms with Gasteiger partial charge in [-0.3, -0.25) is 4.79 Å². The summed E-state index contributed by atoms with van der Waals surface area (Å²) in [4.78, 5) is 22.8. The number of aliphatic hydroxyl groups is 1. The lowest BCUT2D eigenvalue weighted by Gasteiger charge is -2.23. The van der Waals surface area contributed by atoms with Gasteiger partial charge in [-0.1, -0.05) is 24.4 Å². The Balaban J connectivity index is 4.15. The summed E-state index contributed by atoms with van der Waals surface area (Å²) in [6, 6.07) is 0. The molecular formula is C10H17NO4S. The number of thioether (sulfide) groups is 1. The lowest BCUT2D eigenvalue weighted by molar-refractivity contribution is -0.115. The third-order valence-electron chi connectivity index (χ3n) is 1.58. The van der Waals surface area contributed by atoms with Crippen LogP contribution in [0, 0.1) is 0 Å². The molecule has 0 bridgehead atoms. The molecule has 0 aliphatic heterocycles. The van der Waals surface area contributed by atoms with Gasteiger partial charge in [0.05, 0.1) is 6.61 Å². The smallest absolute Gasteiger partial charge is 0.408 e. The van der Waals surface area contributed by atoms with Gasteiger partial charge in [-0.2, -0.15) is 0 Å². The number of carbonyl (C=O) groups excluding carboxylic acids is 2. The maximum atomic E-state index is 11.6. The Morgan fingerprint density at radius 1 is 1.56 bits per heavy atom. The fourth-order valence-electron chi connectivity index (χ4n) is 0.796. The highest BCUT2D eigenvalue weighted by Crippen LogP contribution is 2.14. The van der Waals surface area contributed by atoms with Crippen molar-refractivity contribution in [3.8, 4) is 0 Å². The zero-order chi connectivity index (χ0) is 12.6. The summed E-state index contributed by atoms with van der Waals surface area (Å²) in [6.45, 7) is 6.58. The van der Waals surface area contributed by atoms with Crippen molar-refractivity contribution in [3.63, 3.8) is 0 Å². The molecular weight excluding hydrogens is 230 g/mol. The SMILES string of the molecule is C=CCOC(=O)NC(C)(C)C(=O)SCCO. The first kappa shape index (κ1) is 15.0. The molecule has 0 saturated heterocycles. The van der Waals surface area contributed by atoms with E-state index in [1.165, 1.54) is 6.08 Å². The first-order valence-corrected chi connectivity index (χ1v) is 5.76. The summed E-state index contributed by atoms with van der Waals surface area (Å²) in [6.07, 6.45) is 0.775. The Kier molecular flexibility index (Phi) is 6.83. The minimum atomic E-state index is -1.02. The Morgan fingerprint density at radius 2 is 2.19 bits per heavy atom. The molecule has 0 spiro atoms. The second kappa shape index (κ2) is 7.29. The van der Waals surface area contributed by atoms with Crippen LogP contribution in [0.1, 0.15) is 13.8 Å². The molecule has 0 unspecified atom stereocenters. The number of nitrogens with one attached hydrogen (secondary N) is 1. The minimum Gasteiger partial charge on any atom is -0.445 e. The Labute approximate surface area is 99.2 Å². The van der Waals surface area contributed by atoms with Gasteiger partial charge >= 0.3 is 6.09 Å². The fraction of sp³-hybridized carbons (Fsp3) is 0.600. The molecule has 6 heteroatoms. The van der Waals surface area contributed by atoms with Gasteiger partial charge in [-0.25, -0.2) is 4.79 Å². The second-order valence-corrected chi connectivity index (χ2v) is 4.56. The van der Waals surface area contributed by atoms with Gasteiger partial charge in [0.25, 0.3) is 0 Å². The maximum absolute atomic E-state index is 11.6. The predicted octanol–water partition coefficient (Wildman–Crippen LogP) is 0.929. The number of ether oxygens (including phenoxy) is 1. The van der Waals surface area contributed by atoms with Crippen molar-refractivity contribution in [2.75, 3.05) is 19.0 Å². The van der Waals surface area contributed by atoms with E-state index in [0.29, 0.717) is 5.75 Å². The second-order valence-electron chi connectivity index (χ2n) is 3.50. The van der Waals surface area contributed by atoms with Crippen LogP contribution < -0.4 is 5.32 Å². The topological polar surface area (TPSA) is 75.6 Å². The number of amides is 1. The summed E-state index contributed by atoms with van der Waals surface area (Å²) in [5.74, 6) is 0.311. The monoisotopic (exact) mass is 247 g/mol. The lowest BCUT2D eigenvalue weighted by Crippen LogP contribution is -2.49. The van der Waals surface area contributed by atoms with E-state index in [-0.39, 0.29) is 18.3 Å². The van der Waals surface area contributed by atoms with Crippen molar-refractivity contribution in [3.05, 3.63) is 12.7 Å². The summed E-state index contributed by atoms with van der Waals surface area (Å²) in [7, 11) is 0. The van der Waals surface area contributed by atoms with Crippen molar-refractivity contribution in [2.24, 2.45) is 0 Å². The Bertz CT molecular complexity index is 266. The summed E-state index contributed by atoms with van der Waals surface area (Å²) in [5.41, 5.74) is -1.02. The number of hydrogen-bond acceptors (Lipinski definition) is 5. The molecule has 0 radical (unpaired) electrons. The van der Waals surface area contributed by atoms with Crippen LogP contribution in [-0.2, 0) is 9.53 Å². The van der Waals surface area contributed by atoms with E-state index in [0.717, 1.165) is 11.8 Å². The molecule has 0 heterocycles. The Morgan fingerprint density at radius 3 is 2.69 bits per heavy atom. The molecule has 0 aromatic heterocycles. The Hall–Kier alpha value is -1.01. The van der Waals surface area contributed by atoms with Crippen molar-refractivity contribution in [1.82, 2.24) is 5.32 Å². The highest BCUT2D eigenvalue weighted by Gasteiger charge is 2.29. The molecule has 0 aromatic rings. The third-order valence-corrected chi connectivity index (χ3v) is 2.74. The average Bonchev–Trinajstić information content (AvgIpc) is 2.22. The van der Waals surface area contributed by atoms with E-state index in [9.17, 15) is 9.59 Å². The van der Waals surface area contributed by atoms with Crippen LogP contribution in [0.5, 0.6) is 0 Å². The molecule has 92 valence electrons. The zero-order valence-electron chi connectivity index (χ0n) is 9.49. The van der Waals surface area contributed by atoms with E-state index >= 15 is 0 Å². The number of carbonyl (C=O) groups is 2. The largest absolute Gasteiger partial charge is 0.445 e. The molecule has 0 fully saturated rings. The van der Waals surface area contributed by atoms with Crippen LogP contribution >= 0.6 is 11.8 Å². The fourth-order valence-corrected chi connectivity index (χ4v) is 1.48. The molecule has 0 saturated carbocycles. The quantitative estimate of drug-likeness (QED) is 0.683. The molecule has 16 heavy (non-hydrogen) atoms. The number of aliphatic hydroxyl groups excluding tert-OH is 1. The van der Waals surface area contributed by atoms with Gasteiger partial charge in [0.1, 0.15) is 12.1 Å². The third kappa shape index (κ3) is 5.77. The van der Waals surface area contributed by atoms with Gasteiger partial charge < -0.3 is 15.2 Å². The van der Waals surface area contributed by atoms with Crippen LogP contribution in [-0.4, -0.2) is 40.8 Å². The van der Waals surface area contributed by atoms with Crippen LogP contribution in [0.2, 0.25) is 0 Å². The minimum absolute atomic E-state index is 0.0760. The average molecular weight is 247 g/mol. The van der Waals surface area contributed by atoms with Crippen LogP contribution in [0.3, 0.4) is 0 Å². The molecule has 0 aliphatic carbocycles. The zero-order valence-corrected chi connectivity index (χ0v) is 10.3. The van der Waals surface area contributed by atoms with Crippen LogP contribution in [0.25, 0.3) is 0 Å². The van der Waals surface area contributed by atoms with E-state index < -0.39 is 11.6 Å². The van der Waals surface area contributed by atoms with Crippen LogP contribution in [0.4, 0.5) is 4.79 Å². The predicted molar refractivity (Wildman–Crippen MR) is 63.3 cm³/mol. The first-order valence-electron chi connectivity index (χ1n) is 4.78. The number of alkyl carbamates (subject to hydrolysis) is 1. The van der Waals surface area contributed by atoms with Gasteiger partial charge in [0.15, 0.2) is 0 Å². The van der Waals surface area contributed by atoms with Gasteiger partial charge in [-0.15, -0.1) is 0 Å². The molecule has 0 aromatic carbocycles. The summed E-state index contributed by atoms with van der Waals surface area (Å²) in [5, 5.41) is 10.8. The molecule has 2 N–H and O–H groups in total. The normalized spacial score (nSPS) is 10.7. The standard InChI is InChI=1S/C10H17NO4S/c1-4-6-15-9(14)11-10(2,3)8(13)16-7-5-12/h4,12H,1,5-7H2,2-3H3,(H,11,14). The molecule has 1 amide bonds. The number of rotatable bonds is 6. The summed E-state index contributed by atoms with van der Waals surface area (Å²) < 4.78 is 4.70. The van der Waals surface area contributed by atoms with E-state index in [2.05, 4.69) is 11.9 Å². The summed E-state index contributed by atoms with van der Waals surface area (Å²) >= 11 is 0.970. The van der Waals surface area contributed by atoms with Gasteiger partial charge in [0, 0.05) is 5.75 Å². The number of hydrogen-bond donors (Lipinski definition) is 2. The molecule has 0 aliphatic rings. The van der Waals surface area contributed by atoms with Crippen molar-refractivity contribution >= 4 is 23.0 Å². The van der Waals surface area contributed by atoms with E-state index in [1.54, 1.807) is 13.8 Å². The van der Waals surface area contributed by atoms with Gasteiger partial charge in [-0.05, 0) is 13.8 Å². The highest BCUT2D eigenvalue weighted by molar-refractivity contribution is 8.13. The first-order chi connectivity index (χ1) is 7.44. The lowest BCUT2D eigenvalue weighted by atomic mass is 10.1. The molecule has 0 rings (SSSR count). The van der Waals surface area contributed by atoms with Gasteiger partial charge in [0.2, 0.25) is 5.12 Å². The highest BCUT2D eigenvalue weighted by atomic mass is 32.2. The van der Waals surface area contributed by atoms with Crippen molar-refractivity contribution < 1.29 is 19.4 Å². The van der Waals surface area contributed by atoms with E-state index in [1.807, 2.05) is 0 Å².